The van der Waals surface area contributed by atoms with Crippen molar-refractivity contribution in [2.24, 2.45) is 5.73 Å². The molecule has 0 saturated heterocycles. The van der Waals surface area contributed by atoms with Crippen LogP contribution in [0, 0.1) is 11.8 Å². The van der Waals surface area contributed by atoms with E-state index in [1.54, 1.807) is 36.4 Å². The number of nitrogens with zero attached hydrogens (tertiary/aromatic N) is 1. The lowest BCUT2D eigenvalue weighted by Gasteiger charge is -2.15. The molecule has 2 N–H and O–H groups in total. The van der Waals surface area contributed by atoms with Gasteiger partial charge >= 0.3 is 0 Å². The first-order chi connectivity index (χ1) is 9.70. The van der Waals surface area contributed by atoms with E-state index in [1.165, 1.54) is 0 Å². The summed E-state index contributed by atoms with van der Waals surface area (Å²) in [6.45, 7) is 0.737. The molecule has 4 nitrogen and oxygen atoms in total. The normalized spacial score (nSPS) is 9.70. The van der Waals surface area contributed by atoms with E-state index in [1.807, 2.05) is 18.2 Å². The Hall–Kier alpha value is -2.51. The number of benzene rings is 1. The lowest BCUT2D eigenvalue weighted by molar-refractivity contribution is 0.0775. The van der Waals surface area contributed by atoms with Gasteiger partial charge in [0.15, 0.2) is 0 Å². The highest BCUT2D eigenvalue weighted by molar-refractivity contribution is 5.94. The summed E-state index contributed by atoms with van der Waals surface area (Å²) in [7, 11) is 1.74. The molecule has 0 bridgehead atoms. The number of hydrogen-bond acceptors (Lipinski definition) is 3. The van der Waals surface area contributed by atoms with Gasteiger partial charge in [-0.1, -0.05) is 17.9 Å². The van der Waals surface area contributed by atoms with Crippen LogP contribution in [0.2, 0.25) is 0 Å². The van der Waals surface area contributed by atoms with Crippen LogP contribution in [0.4, 0.5) is 0 Å². The van der Waals surface area contributed by atoms with Crippen molar-refractivity contribution in [2.75, 3.05) is 13.6 Å². The lowest BCUT2D eigenvalue weighted by atomic mass is 10.1. The van der Waals surface area contributed by atoms with Crippen LogP contribution in [-0.2, 0) is 6.54 Å². The predicted molar refractivity (Wildman–Crippen MR) is 76.9 cm³/mol. The first kappa shape index (κ1) is 13.9. The van der Waals surface area contributed by atoms with Gasteiger partial charge in [0.1, 0.15) is 5.76 Å². The monoisotopic (exact) mass is 268 g/mol. The van der Waals surface area contributed by atoms with E-state index in [4.69, 9.17) is 10.2 Å². The Kier molecular flexibility index (Phi) is 4.59. The second kappa shape index (κ2) is 6.60. The molecule has 2 rings (SSSR count). The maximum Gasteiger partial charge on any atom is 0.254 e. The van der Waals surface area contributed by atoms with Crippen LogP contribution < -0.4 is 5.73 Å². The minimum atomic E-state index is -0.0715. The van der Waals surface area contributed by atoms with Gasteiger partial charge in [-0.2, -0.15) is 0 Å². The van der Waals surface area contributed by atoms with Gasteiger partial charge in [0, 0.05) is 18.2 Å². The van der Waals surface area contributed by atoms with Crippen molar-refractivity contribution in [1.29, 1.82) is 0 Å². The molecule has 0 aliphatic heterocycles. The molecule has 0 saturated carbocycles. The van der Waals surface area contributed by atoms with E-state index >= 15 is 0 Å². The second-order valence-electron chi connectivity index (χ2n) is 4.33. The fourth-order valence-corrected chi connectivity index (χ4v) is 1.81. The van der Waals surface area contributed by atoms with Crippen LogP contribution in [0.15, 0.2) is 47.1 Å². The molecule has 0 aliphatic rings. The average Bonchev–Trinajstić information content (AvgIpc) is 2.97. The fourth-order valence-electron chi connectivity index (χ4n) is 1.81. The average molecular weight is 268 g/mol. The summed E-state index contributed by atoms with van der Waals surface area (Å²) < 4.78 is 5.24. The molecule has 0 radical (unpaired) electrons. The Morgan fingerprint density at radius 1 is 1.35 bits per heavy atom. The highest BCUT2D eigenvalue weighted by Crippen LogP contribution is 2.10. The Bertz CT molecular complexity index is 636. The van der Waals surface area contributed by atoms with Gasteiger partial charge in [-0.25, -0.2) is 0 Å². The summed E-state index contributed by atoms with van der Waals surface area (Å²) in [5.74, 6) is 6.37. The lowest BCUT2D eigenvalue weighted by Crippen LogP contribution is -2.26. The van der Waals surface area contributed by atoms with E-state index < -0.39 is 0 Å². The van der Waals surface area contributed by atoms with Crippen molar-refractivity contribution in [1.82, 2.24) is 4.90 Å². The van der Waals surface area contributed by atoms with E-state index in [0.29, 0.717) is 18.7 Å². The third-order valence-corrected chi connectivity index (χ3v) is 2.76. The minimum absolute atomic E-state index is 0.0715. The van der Waals surface area contributed by atoms with Crippen LogP contribution >= 0.6 is 0 Å². The van der Waals surface area contributed by atoms with Crippen molar-refractivity contribution >= 4 is 5.91 Å². The number of furan rings is 1. The first-order valence-corrected chi connectivity index (χ1v) is 6.27. The number of hydrogen-bond donors (Lipinski definition) is 1. The molecule has 20 heavy (non-hydrogen) atoms. The van der Waals surface area contributed by atoms with Crippen molar-refractivity contribution in [2.45, 2.75) is 6.54 Å². The zero-order chi connectivity index (χ0) is 14.4. The molecule has 1 amide bonds. The minimum Gasteiger partial charge on any atom is -0.467 e. The second-order valence-corrected chi connectivity index (χ2v) is 4.33. The molecular formula is C16H16N2O2. The molecule has 1 heterocycles. The van der Waals surface area contributed by atoms with E-state index in [9.17, 15) is 4.79 Å². The Morgan fingerprint density at radius 2 is 2.20 bits per heavy atom. The van der Waals surface area contributed by atoms with Gasteiger partial charge in [-0.15, -0.1) is 0 Å². The van der Waals surface area contributed by atoms with Crippen LogP contribution in [-0.4, -0.2) is 24.4 Å². The third kappa shape index (κ3) is 3.50. The highest BCUT2D eigenvalue weighted by Gasteiger charge is 2.13. The van der Waals surface area contributed by atoms with Gasteiger partial charge in [0.2, 0.25) is 0 Å². The molecule has 4 heteroatoms. The Labute approximate surface area is 118 Å². The van der Waals surface area contributed by atoms with Gasteiger partial charge in [-0.3, -0.25) is 4.79 Å². The van der Waals surface area contributed by atoms with E-state index in [-0.39, 0.29) is 5.91 Å². The van der Waals surface area contributed by atoms with Crippen LogP contribution in [0.5, 0.6) is 0 Å². The van der Waals surface area contributed by atoms with Crippen molar-refractivity contribution in [3.05, 3.63) is 59.5 Å². The molecule has 1 aromatic heterocycles. The predicted octanol–water partition coefficient (Wildman–Crippen LogP) is 1.86. The largest absolute Gasteiger partial charge is 0.467 e. The molecular weight excluding hydrogens is 252 g/mol. The molecule has 0 unspecified atom stereocenters. The van der Waals surface area contributed by atoms with Gasteiger partial charge in [-0.05, 0) is 30.3 Å². The van der Waals surface area contributed by atoms with E-state index in [2.05, 4.69) is 11.8 Å². The SMILES string of the molecule is CN(Cc1ccco1)C(=O)c1cccc(C#CCN)c1. The molecule has 0 spiro atoms. The van der Waals surface area contributed by atoms with Gasteiger partial charge in [0.25, 0.3) is 5.91 Å². The molecule has 1 aromatic carbocycles. The quantitative estimate of drug-likeness (QED) is 0.864. The van der Waals surface area contributed by atoms with Crippen LogP contribution in [0.25, 0.3) is 0 Å². The van der Waals surface area contributed by atoms with E-state index in [0.717, 1.165) is 11.3 Å². The van der Waals surface area contributed by atoms with Crippen molar-refractivity contribution in [3.63, 3.8) is 0 Å². The number of nitrogens with two attached hydrogens (primary N) is 1. The number of carbonyl (C=O) groups excluding carboxylic acids is 1. The molecule has 2 aromatic rings. The Balaban J connectivity index is 2.12. The number of carbonyl (C=O) groups is 1. The van der Waals surface area contributed by atoms with Crippen molar-refractivity contribution < 1.29 is 9.21 Å². The third-order valence-electron chi connectivity index (χ3n) is 2.76. The summed E-state index contributed by atoms with van der Waals surface area (Å²) in [6.07, 6.45) is 1.59. The van der Waals surface area contributed by atoms with Gasteiger partial charge < -0.3 is 15.1 Å². The fraction of sp³-hybridized carbons (Fsp3) is 0.188. The molecule has 0 atom stereocenters. The molecule has 0 fully saturated rings. The van der Waals surface area contributed by atoms with Crippen LogP contribution in [0.3, 0.4) is 0 Å². The molecule has 0 aliphatic carbocycles. The zero-order valence-corrected chi connectivity index (χ0v) is 11.3. The maximum absolute atomic E-state index is 12.3. The smallest absolute Gasteiger partial charge is 0.254 e. The first-order valence-electron chi connectivity index (χ1n) is 6.27. The highest BCUT2D eigenvalue weighted by atomic mass is 16.3. The van der Waals surface area contributed by atoms with Crippen LogP contribution in [0.1, 0.15) is 21.7 Å². The standard InChI is InChI=1S/C16H16N2O2/c1-18(12-15-8-4-10-20-15)16(19)14-7-2-5-13(11-14)6-3-9-17/h2,4-5,7-8,10-11H,9,12,17H2,1H3. The van der Waals surface area contributed by atoms with Crippen molar-refractivity contribution in [3.8, 4) is 11.8 Å². The topological polar surface area (TPSA) is 59.5 Å². The summed E-state index contributed by atoms with van der Waals surface area (Å²) in [4.78, 5) is 13.9. The number of rotatable bonds is 3. The Morgan fingerprint density at radius 3 is 2.90 bits per heavy atom. The number of amides is 1. The maximum atomic E-state index is 12.3. The summed E-state index contributed by atoms with van der Waals surface area (Å²) in [6, 6.07) is 10.8. The zero-order valence-electron chi connectivity index (χ0n) is 11.3. The summed E-state index contributed by atoms with van der Waals surface area (Å²) >= 11 is 0. The summed E-state index contributed by atoms with van der Waals surface area (Å²) in [5.41, 5.74) is 6.72. The summed E-state index contributed by atoms with van der Waals surface area (Å²) in [5, 5.41) is 0. The van der Waals surface area contributed by atoms with Gasteiger partial charge in [0.05, 0.1) is 19.4 Å². The molecule has 102 valence electrons.